The predicted molar refractivity (Wildman–Crippen MR) is 76.4 cm³/mol. The molecule has 0 aliphatic heterocycles. The number of carboxylic acids is 1. The number of anilines is 1. The fourth-order valence-corrected chi connectivity index (χ4v) is 1.84. The summed E-state index contributed by atoms with van der Waals surface area (Å²) in [4.78, 5) is 15.4. The number of pyridine rings is 1. The molecule has 7 nitrogen and oxygen atoms in total. The largest absolute Gasteiger partial charge is 0.478 e. The van der Waals surface area contributed by atoms with Gasteiger partial charge < -0.3 is 10.4 Å². The second-order valence-electron chi connectivity index (χ2n) is 5.48. The first kappa shape index (κ1) is 16.4. The number of aromatic nitrogens is 1. The van der Waals surface area contributed by atoms with Gasteiger partial charge in [0.2, 0.25) is 10.0 Å². The third-order valence-corrected chi connectivity index (χ3v) is 3.31. The zero-order chi connectivity index (χ0) is 15.6. The molecule has 112 valence electrons. The number of rotatable bonds is 5. The summed E-state index contributed by atoms with van der Waals surface area (Å²) in [5.74, 6) is -0.998. The number of hydrogen-bond donors (Lipinski definition) is 3. The van der Waals surface area contributed by atoms with Gasteiger partial charge in [-0.05, 0) is 12.1 Å². The van der Waals surface area contributed by atoms with Crippen LogP contribution in [0.4, 0.5) is 5.82 Å². The predicted octanol–water partition coefficient (Wildman–Crippen LogP) is 0.778. The number of aromatic carboxylic acids is 1. The van der Waals surface area contributed by atoms with Gasteiger partial charge in [0.15, 0.2) is 0 Å². The molecule has 0 aromatic carbocycles. The third kappa shape index (κ3) is 5.14. The van der Waals surface area contributed by atoms with Crippen molar-refractivity contribution >= 4 is 21.8 Å². The van der Waals surface area contributed by atoms with Crippen molar-refractivity contribution in [2.24, 2.45) is 5.14 Å². The molecule has 0 spiro atoms. The zero-order valence-electron chi connectivity index (χ0n) is 11.7. The van der Waals surface area contributed by atoms with Gasteiger partial charge in [-0.25, -0.2) is 23.3 Å². The molecule has 4 N–H and O–H groups in total. The van der Waals surface area contributed by atoms with Crippen molar-refractivity contribution in [3.05, 3.63) is 23.4 Å². The van der Waals surface area contributed by atoms with E-state index in [2.05, 4.69) is 10.3 Å². The molecule has 0 aliphatic rings. The minimum Gasteiger partial charge on any atom is -0.478 e. The van der Waals surface area contributed by atoms with Gasteiger partial charge in [0, 0.05) is 17.7 Å². The maximum Gasteiger partial charge on any atom is 0.335 e. The minimum absolute atomic E-state index is 0.0679. The van der Waals surface area contributed by atoms with E-state index in [0.29, 0.717) is 11.5 Å². The van der Waals surface area contributed by atoms with Gasteiger partial charge >= 0.3 is 5.97 Å². The minimum atomic E-state index is -3.57. The number of hydrogen-bond acceptors (Lipinski definition) is 5. The molecule has 0 atom stereocenters. The first-order valence-corrected chi connectivity index (χ1v) is 7.71. The van der Waals surface area contributed by atoms with Crippen LogP contribution in [0.3, 0.4) is 0 Å². The van der Waals surface area contributed by atoms with E-state index >= 15 is 0 Å². The number of primary sulfonamides is 1. The van der Waals surface area contributed by atoms with Crippen LogP contribution >= 0.6 is 0 Å². The molecule has 1 aromatic rings. The fraction of sp³-hybridized carbons (Fsp3) is 0.500. The second kappa shape index (κ2) is 5.76. The normalized spacial score (nSPS) is 12.2. The van der Waals surface area contributed by atoms with Gasteiger partial charge in [0.1, 0.15) is 5.82 Å². The highest BCUT2D eigenvalue weighted by molar-refractivity contribution is 7.89. The van der Waals surface area contributed by atoms with E-state index in [0.717, 1.165) is 0 Å². The molecule has 20 heavy (non-hydrogen) atoms. The van der Waals surface area contributed by atoms with Crippen molar-refractivity contribution in [1.29, 1.82) is 0 Å². The van der Waals surface area contributed by atoms with Crippen LogP contribution in [0.2, 0.25) is 0 Å². The summed E-state index contributed by atoms with van der Waals surface area (Å²) in [6, 6.07) is 2.87. The van der Waals surface area contributed by atoms with Crippen LogP contribution < -0.4 is 10.5 Å². The molecule has 0 fully saturated rings. The molecule has 0 bridgehead atoms. The lowest BCUT2D eigenvalue weighted by atomic mass is 9.91. The van der Waals surface area contributed by atoms with Crippen LogP contribution in [0.15, 0.2) is 12.1 Å². The van der Waals surface area contributed by atoms with Crippen molar-refractivity contribution < 1.29 is 18.3 Å². The van der Waals surface area contributed by atoms with Crippen LogP contribution in [0.25, 0.3) is 0 Å². The van der Waals surface area contributed by atoms with Crippen molar-refractivity contribution in [3.63, 3.8) is 0 Å². The van der Waals surface area contributed by atoms with Gasteiger partial charge in [0.05, 0.1) is 11.3 Å². The molecule has 0 saturated carbocycles. The molecular formula is C12H19N3O4S. The van der Waals surface area contributed by atoms with Crippen LogP contribution in [-0.4, -0.2) is 36.8 Å². The van der Waals surface area contributed by atoms with Crippen LogP contribution in [0, 0.1) is 0 Å². The Balaban J connectivity index is 3.01. The quantitative estimate of drug-likeness (QED) is 0.738. The highest BCUT2D eigenvalue weighted by atomic mass is 32.2. The summed E-state index contributed by atoms with van der Waals surface area (Å²) in [6.07, 6.45) is 0. The van der Waals surface area contributed by atoms with Crippen molar-refractivity contribution in [2.75, 3.05) is 17.6 Å². The lowest BCUT2D eigenvalue weighted by Gasteiger charge is -2.19. The molecule has 1 heterocycles. The Morgan fingerprint density at radius 2 is 2.00 bits per heavy atom. The molecule has 0 unspecified atom stereocenters. The maximum absolute atomic E-state index is 11.1. The Morgan fingerprint density at radius 1 is 1.40 bits per heavy atom. The Morgan fingerprint density at radius 3 is 2.45 bits per heavy atom. The summed E-state index contributed by atoms with van der Waals surface area (Å²) in [7, 11) is -3.57. The van der Waals surface area contributed by atoms with Crippen molar-refractivity contribution in [1.82, 2.24) is 4.98 Å². The summed E-state index contributed by atoms with van der Waals surface area (Å²) >= 11 is 0. The number of nitrogens with two attached hydrogens (primary N) is 1. The van der Waals surface area contributed by atoms with Crippen molar-refractivity contribution in [3.8, 4) is 0 Å². The average Bonchev–Trinajstić information content (AvgIpc) is 2.25. The summed E-state index contributed by atoms with van der Waals surface area (Å²) in [6.45, 7) is 5.80. The van der Waals surface area contributed by atoms with E-state index in [1.807, 2.05) is 20.8 Å². The van der Waals surface area contributed by atoms with Gasteiger partial charge in [-0.3, -0.25) is 0 Å². The molecule has 0 radical (unpaired) electrons. The Bertz CT molecular complexity index is 606. The second-order valence-corrected chi connectivity index (χ2v) is 7.21. The van der Waals surface area contributed by atoms with E-state index in [9.17, 15) is 13.2 Å². The van der Waals surface area contributed by atoms with Gasteiger partial charge in [-0.15, -0.1) is 0 Å². The number of carboxylic acid groups (broad SMARTS) is 1. The summed E-state index contributed by atoms with van der Waals surface area (Å²) in [5.41, 5.74) is 0.389. The van der Waals surface area contributed by atoms with E-state index in [1.54, 1.807) is 0 Å². The fourth-order valence-electron chi connectivity index (χ4n) is 1.45. The molecule has 0 aliphatic carbocycles. The van der Waals surface area contributed by atoms with Gasteiger partial charge in [-0.2, -0.15) is 0 Å². The van der Waals surface area contributed by atoms with E-state index < -0.39 is 16.0 Å². The molecule has 0 amide bonds. The maximum atomic E-state index is 11.1. The zero-order valence-corrected chi connectivity index (χ0v) is 12.5. The Labute approximate surface area is 118 Å². The number of nitrogens with zero attached hydrogens (tertiary/aromatic N) is 1. The molecule has 8 heteroatoms. The van der Waals surface area contributed by atoms with E-state index in [4.69, 9.17) is 10.2 Å². The smallest absolute Gasteiger partial charge is 0.335 e. The number of nitrogens with one attached hydrogen (secondary N) is 1. The third-order valence-electron chi connectivity index (χ3n) is 2.53. The van der Waals surface area contributed by atoms with Crippen LogP contribution in [0.5, 0.6) is 0 Å². The van der Waals surface area contributed by atoms with E-state index in [1.165, 1.54) is 12.1 Å². The SMILES string of the molecule is CC(C)(C)c1cc(C(=O)O)cc(NCCS(N)(=O)=O)n1. The first-order chi connectivity index (χ1) is 8.99. The van der Waals surface area contributed by atoms with Crippen LogP contribution in [-0.2, 0) is 15.4 Å². The lowest BCUT2D eigenvalue weighted by Crippen LogP contribution is -2.23. The summed E-state index contributed by atoms with van der Waals surface area (Å²) in [5, 5.41) is 16.8. The molecular weight excluding hydrogens is 282 g/mol. The first-order valence-electron chi connectivity index (χ1n) is 5.99. The molecule has 0 saturated heterocycles. The molecule has 1 rings (SSSR count). The van der Waals surface area contributed by atoms with Crippen molar-refractivity contribution in [2.45, 2.75) is 26.2 Å². The average molecular weight is 301 g/mol. The number of carbonyl (C=O) groups is 1. The topological polar surface area (TPSA) is 122 Å². The highest BCUT2D eigenvalue weighted by Gasteiger charge is 2.19. The highest BCUT2D eigenvalue weighted by Crippen LogP contribution is 2.23. The number of sulfonamides is 1. The van der Waals surface area contributed by atoms with Gasteiger partial charge in [0.25, 0.3) is 0 Å². The summed E-state index contributed by atoms with van der Waals surface area (Å²) < 4.78 is 21.7. The van der Waals surface area contributed by atoms with E-state index in [-0.39, 0.29) is 23.3 Å². The Hall–Kier alpha value is -1.67. The van der Waals surface area contributed by atoms with Gasteiger partial charge in [-0.1, -0.05) is 20.8 Å². The van der Waals surface area contributed by atoms with Crippen LogP contribution in [0.1, 0.15) is 36.8 Å². The molecule has 1 aromatic heterocycles. The lowest BCUT2D eigenvalue weighted by molar-refractivity contribution is 0.0696. The Kier molecular flexibility index (Phi) is 4.72. The monoisotopic (exact) mass is 301 g/mol. The standard InChI is InChI=1S/C12H19N3O4S/c1-12(2,3)9-6-8(11(16)17)7-10(15-9)14-4-5-20(13,18)19/h6-7H,4-5H2,1-3H3,(H,14,15)(H,16,17)(H2,13,18,19).